The predicted octanol–water partition coefficient (Wildman–Crippen LogP) is 1.34. The molecule has 0 radical (unpaired) electrons. The Morgan fingerprint density at radius 3 is 3.00 bits per heavy atom. The van der Waals surface area contributed by atoms with Gasteiger partial charge in [0.2, 0.25) is 11.0 Å². The van der Waals surface area contributed by atoms with Gasteiger partial charge in [-0.25, -0.2) is 4.79 Å². The maximum Gasteiger partial charge on any atom is 0.324 e. The van der Waals surface area contributed by atoms with Gasteiger partial charge < -0.3 is 10.2 Å². The average molecular weight is 332 g/mol. The number of urea groups is 1. The molecule has 1 aliphatic heterocycles. The zero-order chi connectivity index (χ0) is 16.2. The maximum absolute atomic E-state index is 12.4. The highest BCUT2D eigenvalue weighted by molar-refractivity contribution is 7.18. The molecule has 3 amide bonds. The van der Waals surface area contributed by atoms with Gasteiger partial charge in [-0.3, -0.25) is 15.1 Å². The number of carbonyl (C=O) groups excluding carboxylic acids is 2. The summed E-state index contributed by atoms with van der Waals surface area (Å²) in [6.45, 7) is 2.87. The van der Waals surface area contributed by atoms with Crippen LogP contribution in [0.25, 0.3) is 10.7 Å². The van der Waals surface area contributed by atoms with Crippen molar-refractivity contribution in [2.24, 2.45) is 0 Å². The Hall–Kier alpha value is -2.55. The number of nitrogens with one attached hydrogen (secondary N) is 2. The zero-order valence-corrected chi connectivity index (χ0v) is 13.3. The predicted molar refractivity (Wildman–Crippen MR) is 86.0 cm³/mol. The molecule has 0 aliphatic carbocycles. The van der Waals surface area contributed by atoms with E-state index >= 15 is 0 Å². The molecule has 0 saturated carbocycles. The molecular weight excluding hydrogens is 316 g/mol. The standard InChI is InChI=1S/C14H16N6O2S/c1-2-20(10-6-8-16-11(10)21)14(22)17-13-19-18-12(23-13)9-5-3-4-7-15-9/h3-5,7,10H,2,6,8H2,1H3,(H,16,21)(H,17,19,22). The Morgan fingerprint density at radius 1 is 1.48 bits per heavy atom. The summed E-state index contributed by atoms with van der Waals surface area (Å²) in [5, 5.41) is 14.4. The average Bonchev–Trinajstić information content (AvgIpc) is 3.19. The van der Waals surface area contributed by atoms with E-state index in [4.69, 9.17) is 0 Å². The molecule has 1 atom stereocenters. The van der Waals surface area contributed by atoms with Gasteiger partial charge in [0, 0.05) is 19.3 Å². The Balaban J connectivity index is 1.70. The topological polar surface area (TPSA) is 100 Å². The fourth-order valence-corrected chi connectivity index (χ4v) is 3.12. The Bertz CT molecular complexity index is 704. The SMILES string of the molecule is CCN(C(=O)Nc1nnc(-c2ccccn2)s1)C1CCNC1=O. The van der Waals surface area contributed by atoms with Crippen molar-refractivity contribution in [3.05, 3.63) is 24.4 Å². The van der Waals surface area contributed by atoms with Crippen molar-refractivity contribution in [3.8, 4) is 10.7 Å². The summed E-state index contributed by atoms with van der Waals surface area (Å²) in [7, 11) is 0. The van der Waals surface area contributed by atoms with Gasteiger partial charge in [-0.1, -0.05) is 17.4 Å². The van der Waals surface area contributed by atoms with E-state index in [1.165, 1.54) is 16.2 Å². The highest BCUT2D eigenvalue weighted by Crippen LogP contribution is 2.24. The molecule has 23 heavy (non-hydrogen) atoms. The van der Waals surface area contributed by atoms with Crippen LogP contribution in [-0.4, -0.2) is 51.2 Å². The van der Waals surface area contributed by atoms with Gasteiger partial charge in [-0.15, -0.1) is 10.2 Å². The smallest absolute Gasteiger partial charge is 0.324 e. The highest BCUT2D eigenvalue weighted by Gasteiger charge is 2.32. The molecule has 1 aliphatic rings. The van der Waals surface area contributed by atoms with E-state index in [1.807, 2.05) is 25.1 Å². The van der Waals surface area contributed by atoms with E-state index < -0.39 is 6.04 Å². The monoisotopic (exact) mass is 332 g/mol. The van der Waals surface area contributed by atoms with Gasteiger partial charge in [0.05, 0.1) is 0 Å². The number of hydrogen-bond acceptors (Lipinski definition) is 6. The molecule has 2 aromatic heterocycles. The fourth-order valence-electron chi connectivity index (χ4n) is 2.41. The van der Waals surface area contributed by atoms with Crippen LogP contribution in [0.1, 0.15) is 13.3 Å². The minimum Gasteiger partial charge on any atom is -0.354 e. The van der Waals surface area contributed by atoms with Gasteiger partial charge in [0.1, 0.15) is 11.7 Å². The number of nitrogens with zero attached hydrogens (tertiary/aromatic N) is 4. The largest absolute Gasteiger partial charge is 0.354 e. The van der Waals surface area contributed by atoms with Gasteiger partial charge in [0.25, 0.3) is 0 Å². The van der Waals surface area contributed by atoms with Gasteiger partial charge in [-0.2, -0.15) is 0 Å². The van der Waals surface area contributed by atoms with E-state index in [0.717, 1.165) is 0 Å². The summed E-state index contributed by atoms with van der Waals surface area (Å²) >= 11 is 1.24. The summed E-state index contributed by atoms with van der Waals surface area (Å²) in [5.74, 6) is -0.117. The molecule has 3 heterocycles. The number of aromatic nitrogens is 3. The van der Waals surface area contributed by atoms with E-state index in [0.29, 0.717) is 35.3 Å². The lowest BCUT2D eigenvalue weighted by Gasteiger charge is -2.25. The number of hydrogen-bond donors (Lipinski definition) is 2. The molecule has 2 N–H and O–H groups in total. The molecule has 1 fully saturated rings. The molecule has 9 heteroatoms. The first-order valence-corrected chi connectivity index (χ1v) is 8.11. The van der Waals surface area contributed by atoms with Crippen molar-refractivity contribution >= 4 is 28.4 Å². The molecule has 1 saturated heterocycles. The lowest BCUT2D eigenvalue weighted by atomic mass is 10.2. The number of amides is 3. The van der Waals surface area contributed by atoms with E-state index in [2.05, 4.69) is 25.8 Å². The third-order valence-electron chi connectivity index (χ3n) is 3.52. The number of anilines is 1. The third kappa shape index (κ3) is 3.29. The molecule has 0 spiro atoms. The van der Waals surface area contributed by atoms with E-state index in [-0.39, 0.29) is 11.9 Å². The van der Waals surface area contributed by atoms with Crippen molar-refractivity contribution < 1.29 is 9.59 Å². The Labute approximate surface area is 136 Å². The fraction of sp³-hybridized carbons (Fsp3) is 0.357. The summed E-state index contributed by atoms with van der Waals surface area (Å²) in [4.78, 5) is 29.8. The highest BCUT2D eigenvalue weighted by atomic mass is 32.1. The second-order valence-electron chi connectivity index (χ2n) is 4.94. The van der Waals surface area contributed by atoms with Gasteiger partial charge in [-0.05, 0) is 25.5 Å². The van der Waals surface area contributed by atoms with Crippen LogP contribution in [-0.2, 0) is 4.79 Å². The van der Waals surface area contributed by atoms with E-state index in [1.54, 1.807) is 6.20 Å². The lowest BCUT2D eigenvalue weighted by Crippen LogP contribution is -2.46. The number of carbonyl (C=O) groups is 2. The second-order valence-corrected chi connectivity index (χ2v) is 5.92. The normalized spacial score (nSPS) is 16.9. The van der Waals surface area contributed by atoms with Crippen molar-refractivity contribution in [2.45, 2.75) is 19.4 Å². The van der Waals surface area contributed by atoms with E-state index in [9.17, 15) is 9.59 Å². The summed E-state index contributed by atoms with van der Waals surface area (Å²) in [6, 6.07) is 4.73. The van der Waals surface area contributed by atoms with Gasteiger partial charge in [0.15, 0.2) is 5.01 Å². The first-order chi connectivity index (χ1) is 11.2. The summed E-state index contributed by atoms with van der Waals surface area (Å²) < 4.78 is 0. The van der Waals surface area contributed by atoms with Gasteiger partial charge >= 0.3 is 6.03 Å². The lowest BCUT2D eigenvalue weighted by molar-refractivity contribution is -0.122. The van der Waals surface area contributed by atoms with Crippen molar-refractivity contribution in [1.82, 2.24) is 25.4 Å². The van der Waals surface area contributed by atoms with Crippen LogP contribution in [0.5, 0.6) is 0 Å². The molecule has 3 rings (SSSR count). The van der Waals surface area contributed by atoms with Crippen LogP contribution in [0.2, 0.25) is 0 Å². The molecule has 8 nitrogen and oxygen atoms in total. The number of likely N-dealkylation sites (N-methyl/N-ethyl adjacent to an activating group) is 1. The zero-order valence-electron chi connectivity index (χ0n) is 12.5. The summed E-state index contributed by atoms with van der Waals surface area (Å²) in [5.41, 5.74) is 0.702. The van der Waals surface area contributed by atoms with Crippen LogP contribution < -0.4 is 10.6 Å². The molecule has 1 unspecified atom stereocenters. The minimum absolute atomic E-state index is 0.117. The summed E-state index contributed by atoms with van der Waals surface area (Å²) in [6.07, 6.45) is 2.29. The first kappa shape index (κ1) is 15.3. The van der Waals surface area contributed by atoms with Crippen LogP contribution in [0.3, 0.4) is 0 Å². The molecule has 2 aromatic rings. The maximum atomic E-state index is 12.4. The molecule has 120 valence electrons. The number of pyridine rings is 1. The van der Waals surface area contributed by atoms with Crippen molar-refractivity contribution in [3.63, 3.8) is 0 Å². The second kappa shape index (κ2) is 6.69. The Kier molecular flexibility index (Phi) is 4.47. The Morgan fingerprint density at radius 2 is 2.35 bits per heavy atom. The van der Waals surface area contributed by atoms with Crippen LogP contribution >= 0.6 is 11.3 Å². The first-order valence-electron chi connectivity index (χ1n) is 7.29. The minimum atomic E-state index is -0.428. The van der Waals surface area contributed by atoms with Crippen LogP contribution in [0, 0.1) is 0 Å². The van der Waals surface area contributed by atoms with Crippen LogP contribution in [0.4, 0.5) is 9.93 Å². The van der Waals surface area contributed by atoms with Crippen molar-refractivity contribution in [1.29, 1.82) is 0 Å². The molecule has 0 aromatic carbocycles. The quantitative estimate of drug-likeness (QED) is 0.880. The van der Waals surface area contributed by atoms with Crippen molar-refractivity contribution in [2.75, 3.05) is 18.4 Å². The molecule has 0 bridgehead atoms. The molecular formula is C14H16N6O2S. The van der Waals surface area contributed by atoms with Crippen LogP contribution in [0.15, 0.2) is 24.4 Å². The number of rotatable bonds is 4. The third-order valence-corrected chi connectivity index (χ3v) is 4.38.